The standard InChI is InChI=1S/C17H25NO5S2/c1-16(2,3)15(21)23-10-22-14(20)13-17(4,7-6-8-24-5)25-12-9-11(19)18(12)13/h6-7,12-13H,8-10H2,1-5H3/t12-,13+,17?/m1/s1. The molecule has 0 bridgehead atoms. The van der Waals surface area contributed by atoms with E-state index in [0.717, 1.165) is 5.75 Å². The number of hydrogen-bond donors (Lipinski definition) is 0. The molecule has 0 N–H and O–H groups in total. The van der Waals surface area contributed by atoms with Crippen molar-refractivity contribution >= 4 is 41.4 Å². The summed E-state index contributed by atoms with van der Waals surface area (Å²) in [4.78, 5) is 37.9. The van der Waals surface area contributed by atoms with Gasteiger partial charge in [0.25, 0.3) is 0 Å². The maximum atomic E-state index is 12.6. The van der Waals surface area contributed by atoms with Crippen molar-refractivity contribution in [3.8, 4) is 0 Å². The van der Waals surface area contributed by atoms with Crippen molar-refractivity contribution in [3.63, 3.8) is 0 Å². The van der Waals surface area contributed by atoms with Gasteiger partial charge in [-0.1, -0.05) is 12.2 Å². The molecule has 0 spiro atoms. The summed E-state index contributed by atoms with van der Waals surface area (Å²) >= 11 is 3.28. The van der Waals surface area contributed by atoms with Crippen LogP contribution in [0.25, 0.3) is 0 Å². The van der Waals surface area contributed by atoms with Crippen molar-refractivity contribution in [1.82, 2.24) is 4.90 Å². The van der Waals surface area contributed by atoms with Crippen LogP contribution in [0.15, 0.2) is 12.2 Å². The van der Waals surface area contributed by atoms with Gasteiger partial charge < -0.3 is 14.4 Å². The molecule has 6 nitrogen and oxygen atoms in total. The van der Waals surface area contributed by atoms with Crippen molar-refractivity contribution in [2.75, 3.05) is 18.8 Å². The number of thioether (sulfide) groups is 2. The number of amides is 1. The van der Waals surface area contributed by atoms with E-state index in [2.05, 4.69) is 0 Å². The molecule has 0 aliphatic carbocycles. The van der Waals surface area contributed by atoms with Crippen LogP contribution in [0.3, 0.4) is 0 Å². The summed E-state index contributed by atoms with van der Waals surface area (Å²) in [6.07, 6.45) is 6.43. The highest BCUT2D eigenvalue weighted by Gasteiger charge is 2.60. The van der Waals surface area contributed by atoms with Crippen molar-refractivity contribution in [1.29, 1.82) is 0 Å². The molecule has 2 heterocycles. The van der Waals surface area contributed by atoms with Gasteiger partial charge in [-0.25, -0.2) is 4.79 Å². The highest BCUT2D eigenvalue weighted by Crippen LogP contribution is 2.51. The molecule has 0 aromatic rings. The molecule has 0 aromatic carbocycles. The number of nitrogens with zero attached hydrogens (tertiary/aromatic N) is 1. The monoisotopic (exact) mass is 387 g/mol. The molecule has 2 rings (SSSR count). The van der Waals surface area contributed by atoms with E-state index in [-0.39, 0.29) is 11.3 Å². The molecule has 8 heteroatoms. The first-order valence-corrected chi connectivity index (χ1v) is 10.4. The van der Waals surface area contributed by atoms with Crippen LogP contribution in [0.2, 0.25) is 0 Å². The van der Waals surface area contributed by atoms with Crippen LogP contribution in [0.5, 0.6) is 0 Å². The average Bonchev–Trinajstić information content (AvgIpc) is 2.74. The number of β-lactam (4-membered cyclic amide) rings is 1. The normalized spacial score (nSPS) is 28.7. The first-order chi connectivity index (χ1) is 11.6. The number of carbonyl (C=O) groups excluding carboxylic acids is 3. The molecule has 1 amide bonds. The quantitative estimate of drug-likeness (QED) is 0.300. The molecule has 2 fully saturated rings. The second-order valence-electron chi connectivity index (χ2n) is 7.28. The summed E-state index contributed by atoms with van der Waals surface area (Å²) in [5, 5.41) is 0.00565. The number of carbonyl (C=O) groups is 3. The fourth-order valence-electron chi connectivity index (χ4n) is 2.74. The van der Waals surface area contributed by atoms with Gasteiger partial charge in [0.1, 0.15) is 6.04 Å². The van der Waals surface area contributed by atoms with Crippen molar-refractivity contribution in [3.05, 3.63) is 12.2 Å². The van der Waals surface area contributed by atoms with E-state index < -0.39 is 34.9 Å². The topological polar surface area (TPSA) is 72.9 Å². The van der Waals surface area contributed by atoms with Gasteiger partial charge in [0.15, 0.2) is 0 Å². The lowest BCUT2D eigenvalue weighted by molar-refractivity contribution is -0.179. The lowest BCUT2D eigenvalue weighted by Gasteiger charge is -2.37. The molecule has 0 aromatic heterocycles. The largest absolute Gasteiger partial charge is 0.427 e. The van der Waals surface area contributed by atoms with Crippen molar-refractivity contribution in [2.45, 2.75) is 50.3 Å². The van der Waals surface area contributed by atoms with Gasteiger partial charge >= 0.3 is 11.9 Å². The molecule has 0 radical (unpaired) electrons. The smallest absolute Gasteiger partial charge is 0.333 e. The Labute approximate surface area is 157 Å². The summed E-state index contributed by atoms with van der Waals surface area (Å²) < 4.78 is 9.62. The Hall–Kier alpha value is -1.15. The number of rotatable bonds is 6. The first kappa shape index (κ1) is 20.2. The van der Waals surface area contributed by atoms with Gasteiger partial charge in [-0.2, -0.15) is 11.8 Å². The van der Waals surface area contributed by atoms with Gasteiger partial charge in [0.2, 0.25) is 12.7 Å². The third-order valence-corrected chi connectivity index (χ3v) is 6.16. The zero-order valence-electron chi connectivity index (χ0n) is 15.2. The second-order valence-corrected chi connectivity index (χ2v) is 9.85. The predicted octanol–water partition coefficient (Wildman–Crippen LogP) is 2.43. The molecule has 25 heavy (non-hydrogen) atoms. The third-order valence-electron chi connectivity index (χ3n) is 4.10. The molecule has 1 unspecified atom stereocenters. The van der Waals surface area contributed by atoms with Gasteiger partial charge in [-0.3, -0.25) is 9.59 Å². The average molecular weight is 388 g/mol. The van der Waals surface area contributed by atoms with Crippen molar-refractivity contribution in [2.24, 2.45) is 5.41 Å². The number of esters is 2. The fourth-order valence-corrected chi connectivity index (χ4v) is 4.70. The van der Waals surface area contributed by atoms with E-state index in [1.54, 1.807) is 49.2 Å². The van der Waals surface area contributed by atoms with Gasteiger partial charge in [-0.05, 0) is 34.0 Å². The Kier molecular flexibility index (Phi) is 6.14. The van der Waals surface area contributed by atoms with Crippen LogP contribution < -0.4 is 0 Å². The maximum Gasteiger partial charge on any atom is 0.333 e. The second kappa shape index (κ2) is 7.61. The Bertz CT molecular complexity index is 586. The van der Waals surface area contributed by atoms with Crippen LogP contribution in [0.4, 0.5) is 0 Å². The minimum atomic E-state index is -0.699. The maximum absolute atomic E-state index is 12.6. The highest BCUT2D eigenvalue weighted by molar-refractivity contribution is 8.01. The Morgan fingerprint density at radius 3 is 2.64 bits per heavy atom. The fraction of sp³-hybridized carbons (Fsp3) is 0.706. The zero-order valence-corrected chi connectivity index (χ0v) is 16.9. The minimum Gasteiger partial charge on any atom is -0.427 e. The third kappa shape index (κ3) is 4.34. The lowest BCUT2D eigenvalue weighted by Crippen LogP contribution is -2.57. The van der Waals surface area contributed by atoms with E-state index in [4.69, 9.17) is 9.47 Å². The van der Waals surface area contributed by atoms with Crippen LogP contribution in [0, 0.1) is 5.41 Å². The summed E-state index contributed by atoms with van der Waals surface area (Å²) in [5.74, 6) is -0.199. The molecular formula is C17H25NO5S2. The van der Waals surface area contributed by atoms with Crippen LogP contribution in [-0.2, 0) is 23.9 Å². The summed E-state index contributed by atoms with van der Waals surface area (Å²) in [6, 6.07) is -0.699. The van der Waals surface area contributed by atoms with Crippen LogP contribution in [-0.4, -0.2) is 57.7 Å². The molecule has 2 aliphatic rings. The number of ether oxygens (including phenoxy) is 2. The van der Waals surface area contributed by atoms with Crippen LogP contribution in [0.1, 0.15) is 34.1 Å². The number of fused-ring (bicyclic) bond motifs is 1. The van der Waals surface area contributed by atoms with Gasteiger partial charge in [0.05, 0.1) is 22.0 Å². The van der Waals surface area contributed by atoms with E-state index >= 15 is 0 Å². The lowest BCUT2D eigenvalue weighted by atomic mass is 9.96. The van der Waals surface area contributed by atoms with E-state index in [1.807, 2.05) is 25.3 Å². The van der Waals surface area contributed by atoms with Crippen LogP contribution >= 0.6 is 23.5 Å². The Morgan fingerprint density at radius 2 is 2.08 bits per heavy atom. The minimum absolute atomic E-state index is 0.00565. The Morgan fingerprint density at radius 1 is 1.40 bits per heavy atom. The van der Waals surface area contributed by atoms with Crippen molar-refractivity contribution < 1.29 is 23.9 Å². The molecule has 2 aliphatic heterocycles. The van der Waals surface area contributed by atoms with E-state index in [1.165, 1.54) is 0 Å². The molecule has 140 valence electrons. The predicted molar refractivity (Wildman–Crippen MR) is 99.1 cm³/mol. The van der Waals surface area contributed by atoms with Gasteiger partial charge in [0, 0.05) is 5.75 Å². The highest BCUT2D eigenvalue weighted by atomic mass is 32.2. The van der Waals surface area contributed by atoms with E-state index in [0.29, 0.717) is 6.42 Å². The molecule has 3 atom stereocenters. The SMILES string of the molecule is CSCC=CC1(C)S[C@@H]2CC(=O)N2[C@H]1C(=O)OCOC(=O)C(C)(C)C. The number of hydrogen-bond acceptors (Lipinski definition) is 7. The summed E-state index contributed by atoms with van der Waals surface area (Å²) in [5.41, 5.74) is -0.663. The molecule has 0 saturated carbocycles. The zero-order chi connectivity index (χ0) is 18.8. The summed E-state index contributed by atoms with van der Waals surface area (Å²) in [7, 11) is 0. The Balaban J connectivity index is 2.03. The molecule has 2 saturated heterocycles. The first-order valence-electron chi connectivity index (χ1n) is 8.09. The molecular weight excluding hydrogens is 362 g/mol. The van der Waals surface area contributed by atoms with E-state index in [9.17, 15) is 14.4 Å². The van der Waals surface area contributed by atoms with Gasteiger partial charge in [-0.15, -0.1) is 11.8 Å². The summed E-state index contributed by atoms with van der Waals surface area (Å²) in [6.45, 7) is 6.67.